The average Bonchev–Trinajstić information content (AvgIpc) is 4.00. The molecule has 0 atom stereocenters. The van der Waals surface area contributed by atoms with Gasteiger partial charge in [-0.05, 0) is 148 Å². The second kappa shape index (κ2) is 21.2. The minimum absolute atomic E-state index is 0.205. The molecule has 12 aromatic carbocycles. The topological polar surface area (TPSA) is 74.8 Å². The summed E-state index contributed by atoms with van der Waals surface area (Å²) in [5.41, 5.74) is 13.3. The molecule has 81 heavy (non-hydrogen) atoms. The first-order chi connectivity index (χ1) is 39.8. The summed E-state index contributed by atoms with van der Waals surface area (Å²) in [6.07, 6.45) is 3.52. The van der Waals surface area contributed by atoms with Crippen LogP contribution in [0.15, 0.2) is 284 Å². The monoisotopic (exact) mass is 1040 g/mol. The Bertz CT molecular complexity index is 4360. The second-order valence-corrected chi connectivity index (χ2v) is 20.3. The Morgan fingerprint density at radius 1 is 0.296 bits per heavy atom. The van der Waals surface area contributed by atoms with Crippen molar-refractivity contribution < 1.29 is 19.2 Å². The fraction of sp³-hybridized carbons (Fsp3) is 0.0133. The Morgan fingerprint density at radius 3 is 1.19 bits per heavy atom. The van der Waals surface area contributed by atoms with Gasteiger partial charge in [-0.2, -0.15) is 0 Å². The molecule has 0 N–H and O–H groups in total. The zero-order valence-electron chi connectivity index (χ0n) is 44.2. The molecule has 0 amide bonds. The molecular weight excluding hydrogens is 993 g/mol. The number of Topliss-reactive ketones (excluding diaryl/α,β-unsaturated/α-hetero) is 4. The number of anilines is 6. The van der Waals surface area contributed by atoms with E-state index in [-0.39, 0.29) is 34.3 Å². The number of hydrogen-bond donors (Lipinski definition) is 0. The summed E-state index contributed by atoms with van der Waals surface area (Å²) in [5.74, 6) is -0.895. The lowest BCUT2D eigenvalue weighted by Crippen LogP contribution is -2.11. The van der Waals surface area contributed by atoms with E-state index in [0.717, 1.165) is 88.7 Å². The van der Waals surface area contributed by atoms with Crippen molar-refractivity contribution in [2.24, 2.45) is 0 Å². The highest BCUT2D eigenvalue weighted by Gasteiger charge is 2.35. The van der Waals surface area contributed by atoms with Gasteiger partial charge in [0.2, 0.25) is 0 Å². The molecule has 0 unspecified atom stereocenters. The van der Waals surface area contributed by atoms with E-state index in [1.54, 1.807) is 12.1 Å². The first kappa shape index (κ1) is 49.7. The molecule has 14 rings (SSSR count). The molecule has 384 valence electrons. The maximum absolute atomic E-state index is 13.8. The molecule has 2 aliphatic rings. The number of fused-ring (bicyclic) bond motifs is 5. The zero-order chi connectivity index (χ0) is 55.0. The van der Waals surface area contributed by atoms with Crippen molar-refractivity contribution in [2.45, 2.75) is 6.92 Å². The number of benzene rings is 12. The van der Waals surface area contributed by atoms with Crippen molar-refractivity contribution >= 4 is 102 Å². The molecule has 0 fully saturated rings. The number of allylic oxidation sites excluding steroid dienone is 2. The number of hydrogen-bond acceptors (Lipinski definition) is 6. The second-order valence-electron chi connectivity index (χ2n) is 20.3. The van der Waals surface area contributed by atoms with Crippen molar-refractivity contribution in [1.82, 2.24) is 0 Å². The number of carbonyl (C=O) groups is 4. The van der Waals surface area contributed by atoms with Gasteiger partial charge in [-0.15, -0.1) is 0 Å². The van der Waals surface area contributed by atoms with Crippen molar-refractivity contribution in [2.75, 3.05) is 9.80 Å². The van der Waals surface area contributed by atoms with Crippen LogP contribution in [0.25, 0.3) is 55.6 Å². The molecule has 0 saturated carbocycles. The minimum Gasteiger partial charge on any atom is -0.311 e. The third-order valence-corrected chi connectivity index (χ3v) is 15.2. The lowest BCUT2D eigenvalue weighted by Gasteiger charge is -2.29. The van der Waals surface area contributed by atoms with Crippen LogP contribution in [0, 0.1) is 6.92 Å². The SMILES string of the molecule is Cc1ccc(N(c2ccccc2)c2ccc(C=C3C(=O)c4ccc(-c5ccccc5)cc4C3=O)cc2)cc1.O=C1C(=Cc2c3ccccc3c(N(c3ccccc3)c3ccccc3)c3ccccc23)C(=O)c2cc3ccccc3cc21. The molecular formula is C75H50N2O4. The van der Waals surface area contributed by atoms with Crippen molar-refractivity contribution in [3.8, 4) is 11.1 Å². The van der Waals surface area contributed by atoms with Crippen LogP contribution in [0.5, 0.6) is 0 Å². The molecule has 0 bridgehead atoms. The lowest BCUT2D eigenvalue weighted by molar-refractivity contribution is 0.0975. The van der Waals surface area contributed by atoms with Crippen molar-refractivity contribution in [3.63, 3.8) is 0 Å². The summed E-state index contributed by atoms with van der Waals surface area (Å²) in [7, 11) is 0. The standard InChI is InChI=1S/C40H25NO2.C35H25NO2/c42-39-35-23-26-13-7-8-14-27(26)24-36(35)40(43)37(39)25-34-30-19-9-11-21-32(30)38(33-22-12-10-20-31(33)34)41(28-15-3-1-4-16-28)29-17-5-2-6-18-29;1-24-12-17-29(18-13-24)36(28-10-6-3-7-11-28)30-19-14-25(15-20-30)22-33-34(37)31-21-16-27(23-32(31)35(33)38)26-8-4-2-5-9-26/h1-25H;2-23H,1H3. The lowest BCUT2D eigenvalue weighted by atomic mass is 9.92. The van der Waals surface area contributed by atoms with E-state index < -0.39 is 0 Å². The molecule has 6 heteroatoms. The van der Waals surface area contributed by atoms with E-state index in [2.05, 4.69) is 102 Å². The van der Waals surface area contributed by atoms with Crippen LogP contribution in [0.3, 0.4) is 0 Å². The van der Waals surface area contributed by atoms with Gasteiger partial charge in [-0.1, -0.05) is 194 Å². The van der Waals surface area contributed by atoms with Crippen molar-refractivity contribution in [3.05, 3.63) is 323 Å². The van der Waals surface area contributed by atoms with Crippen LogP contribution in [-0.4, -0.2) is 23.1 Å². The molecule has 0 aromatic heterocycles. The smallest absolute Gasteiger partial charge is 0.197 e. The molecule has 0 aliphatic heterocycles. The number of carbonyl (C=O) groups excluding carboxylic acids is 4. The van der Waals surface area contributed by atoms with Gasteiger partial charge in [0, 0.05) is 61.5 Å². The van der Waals surface area contributed by atoms with Gasteiger partial charge in [-0.25, -0.2) is 0 Å². The average molecular weight is 1040 g/mol. The van der Waals surface area contributed by atoms with E-state index in [0.29, 0.717) is 22.3 Å². The van der Waals surface area contributed by atoms with Gasteiger partial charge in [0.15, 0.2) is 23.1 Å². The molecule has 0 heterocycles. The summed E-state index contributed by atoms with van der Waals surface area (Å²) < 4.78 is 0. The number of nitrogens with zero attached hydrogens (tertiary/aromatic N) is 2. The van der Waals surface area contributed by atoms with Gasteiger partial charge in [0.05, 0.1) is 16.8 Å². The number of ketones is 4. The zero-order valence-corrected chi connectivity index (χ0v) is 44.2. The van der Waals surface area contributed by atoms with Crippen LogP contribution < -0.4 is 9.80 Å². The number of para-hydroxylation sites is 3. The Kier molecular flexibility index (Phi) is 13.0. The predicted molar refractivity (Wildman–Crippen MR) is 331 cm³/mol. The fourth-order valence-corrected chi connectivity index (χ4v) is 11.3. The Balaban J connectivity index is 0.000000154. The summed E-state index contributed by atoms with van der Waals surface area (Å²) in [6, 6.07) is 90.7. The minimum atomic E-state index is -0.225. The van der Waals surface area contributed by atoms with E-state index >= 15 is 0 Å². The third kappa shape index (κ3) is 9.30. The highest BCUT2D eigenvalue weighted by molar-refractivity contribution is 6.43. The predicted octanol–water partition coefficient (Wildman–Crippen LogP) is 18.7. The maximum atomic E-state index is 13.8. The van der Waals surface area contributed by atoms with Crippen LogP contribution in [0.4, 0.5) is 34.1 Å². The number of aryl methyl sites for hydroxylation is 1. The maximum Gasteiger partial charge on any atom is 0.197 e. The van der Waals surface area contributed by atoms with Gasteiger partial charge in [0.25, 0.3) is 0 Å². The summed E-state index contributed by atoms with van der Waals surface area (Å²) in [5, 5.41) is 5.91. The Morgan fingerprint density at radius 2 is 0.679 bits per heavy atom. The first-order valence-corrected chi connectivity index (χ1v) is 27.0. The Labute approximate surface area is 469 Å². The van der Waals surface area contributed by atoms with Crippen LogP contribution in [-0.2, 0) is 0 Å². The molecule has 2 aliphatic carbocycles. The molecule has 0 spiro atoms. The normalized spacial score (nSPS) is 13.1. The summed E-state index contributed by atoms with van der Waals surface area (Å²) in [4.78, 5) is 58.4. The first-order valence-electron chi connectivity index (χ1n) is 27.0. The van der Waals surface area contributed by atoms with Crippen LogP contribution in [0.1, 0.15) is 58.1 Å². The summed E-state index contributed by atoms with van der Waals surface area (Å²) >= 11 is 0. The largest absolute Gasteiger partial charge is 0.311 e. The quantitative estimate of drug-likeness (QED) is 0.0815. The van der Waals surface area contributed by atoms with Crippen molar-refractivity contribution in [1.29, 1.82) is 0 Å². The fourth-order valence-electron chi connectivity index (χ4n) is 11.3. The van der Waals surface area contributed by atoms with E-state index in [1.165, 1.54) is 5.56 Å². The van der Waals surface area contributed by atoms with Gasteiger partial charge < -0.3 is 9.80 Å². The van der Waals surface area contributed by atoms with E-state index in [1.807, 2.05) is 188 Å². The van der Waals surface area contributed by atoms with E-state index in [4.69, 9.17) is 0 Å². The summed E-state index contributed by atoms with van der Waals surface area (Å²) in [6.45, 7) is 2.07. The molecule has 0 radical (unpaired) electrons. The third-order valence-electron chi connectivity index (χ3n) is 15.2. The molecule has 0 saturated heterocycles. The van der Waals surface area contributed by atoms with E-state index in [9.17, 15) is 19.2 Å². The van der Waals surface area contributed by atoms with Gasteiger partial charge >= 0.3 is 0 Å². The highest BCUT2D eigenvalue weighted by atomic mass is 16.2. The number of rotatable bonds is 9. The van der Waals surface area contributed by atoms with Crippen LogP contribution in [0.2, 0.25) is 0 Å². The van der Waals surface area contributed by atoms with Gasteiger partial charge in [0.1, 0.15) is 0 Å². The highest BCUT2D eigenvalue weighted by Crippen LogP contribution is 2.47. The van der Waals surface area contributed by atoms with Crippen LogP contribution >= 0.6 is 0 Å². The van der Waals surface area contributed by atoms with Gasteiger partial charge in [-0.3, -0.25) is 19.2 Å². The molecule has 12 aromatic rings. The Hall–Kier alpha value is -10.8. The molecule has 6 nitrogen and oxygen atoms in total.